The van der Waals surface area contributed by atoms with Crippen LogP contribution in [0.3, 0.4) is 0 Å². The van der Waals surface area contributed by atoms with E-state index in [1.165, 1.54) is 18.3 Å². The average Bonchev–Trinajstić information content (AvgIpc) is 2.91. The molecule has 0 amide bonds. The van der Waals surface area contributed by atoms with Crippen molar-refractivity contribution < 1.29 is 17.9 Å². The molecule has 0 bridgehead atoms. The number of benzene rings is 1. The predicted molar refractivity (Wildman–Crippen MR) is 89.2 cm³/mol. The summed E-state index contributed by atoms with van der Waals surface area (Å²) in [5.41, 5.74) is 1.48. The van der Waals surface area contributed by atoms with E-state index in [1.807, 2.05) is 0 Å². The van der Waals surface area contributed by atoms with Crippen molar-refractivity contribution in [3.8, 4) is 5.75 Å². The van der Waals surface area contributed by atoms with Crippen molar-refractivity contribution in [1.29, 1.82) is 0 Å². The van der Waals surface area contributed by atoms with Crippen LogP contribution < -0.4 is 10.1 Å². The van der Waals surface area contributed by atoms with Crippen molar-refractivity contribution in [1.82, 2.24) is 15.0 Å². The molecule has 0 saturated carbocycles. The number of aromatic nitrogens is 3. The van der Waals surface area contributed by atoms with Gasteiger partial charge in [-0.3, -0.25) is 0 Å². The summed E-state index contributed by atoms with van der Waals surface area (Å²) < 4.78 is 40.7. The quantitative estimate of drug-likeness (QED) is 0.613. The summed E-state index contributed by atoms with van der Waals surface area (Å²) in [4.78, 5) is 10.7. The van der Waals surface area contributed by atoms with Gasteiger partial charge >= 0.3 is 6.36 Å². The van der Waals surface area contributed by atoms with Gasteiger partial charge in [-0.15, -0.1) is 13.2 Å². The highest BCUT2D eigenvalue weighted by molar-refractivity contribution is 6.33. The Hall–Kier alpha value is -2.19. The van der Waals surface area contributed by atoms with E-state index in [0.717, 1.165) is 10.9 Å². The topological polar surface area (TPSA) is 62.8 Å². The van der Waals surface area contributed by atoms with Crippen molar-refractivity contribution in [2.45, 2.75) is 12.8 Å². The van der Waals surface area contributed by atoms with Crippen LogP contribution in [0.4, 0.5) is 19.0 Å². The molecule has 25 heavy (non-hydrogen) atoms. The summed E-state index contributed by atoms with van der Waals surface area (Å²) in [6.07, 6.45) is -0.992. The summed E-state index contributed by atoms with van der Waals surface area (Å²) in [7, 11) is 0. The van der Waals surface area contributed by atoms with E-state index in [2.05, 4.69) is 25.0 Å². The van der Waals surface area contributed by atoms with Gasteiger partial charge in [-0.2, -0.15) is 4.98 Å². The average molecular weight is 391 g/mol. The van der Waals surface area contributed by atoms with E-state index in [-0.39, 0.29) is 11.0 Å². The second-order valence-electron chi connectivity index (χ2n) is 5.08. The van der Waals surface area contributed by atoms with Gasteiger partial charge in [0.05, 0.1) is 6.20 Å². The molecule has 0 aliphatic heterocycles. The van der Waals surface area contributed by atoms with Crippen LogP contribution in [0.1, 0.15) is 5.56 Å². The fourth-order valence-electron chi connectivity index (χ4n) is 2.35. The molecule has 0 fully saturated rings. The van der Waals surface area contributed by atoms with Crippen LogP contribution in [0.2, 0.25) is 10.3 Å². The van der Waals surface area contributed by atoms with Crippen LogP contribution in [0.25, 0.3) is 10.9 Å². The van der Waals surface area contributed by atoms with Gasteiger partial charge in [-0.1, -0.05) is 11.6 Å². The highest BCUT2D eigenvalue weighted by Gasteiger charge is 2.31. The minimum Gasteiger partial charge on any atom is -0.406 e. The summed E-state index contributed by atoms with van der Waals surface area (Å²) in [6, 6.07) is 4.17. The van der Waals surface area contributed by atoms with Gasteiger partial charge < -0.3 is 15.0 Å². The summed E-state index contributed by atoms with van der Waals surface area (Å²) in [5, 5.41) is 4.28. The van der Waals surface area contributed by atoms with E-state index in [0.29, 0.717) is 29.3 Å². The molecule has 0 atom stereocenters. The van der Waals surface area contributed by atoms with Gasteiger partial charge in [0, 0.05) is 29.7 Å². The van der Waals surface area contributed by atoms with Crippen molar-refractivity contribution in [3.05, 3.63) is 46.5 Å². The standard InChI is InChI=1S/C15H11Cl2F3N4O/c16-11-7-23-14(17)24-13(11)21-4-3-8-6-22-12-5-9(1-2-10(8)12)25-15(18,19)20/h1-2,5-7,22H,3-4H2,(H,21,23,24). The van der Waals surface area contributed by atoms with Crippen LogP contribution in [0.5, 0.6) is 5.75 Å². The Labute approximate surface area is 150 Å². The van der Waals surface area contributed by atoms with Gasteiger partial charge in [0.2, 0.25) is 5.28 Å². The smallest absolute Gasteiger partial charge is 0.406 e. The van der Waals surface area contributed by atoms with E-state index in [1.54, 1.807) is 12.3 Å². The number of hydrogen-bond donors (Lipinski definition) is 2. The number of H-pyrrole nitrogens is 1. The Morgan fingerprint density at radius 3 is 2.80 bits per heavy atom. The van der Waals surface area contributed by atoms with Gasteiger partial charge in [0.15, 0.2) is 0 Å². The zero-order chi connectivity index (χ0) is 18.0. The minimum atomic E-state index is -4.72. The molecule has 0 radical (unpaired) electrons. The number of halogens is 5. The predicted octanol–water partition coefficient (Wildman–Crippen LogP) is 4.82. The molecule has 1 aromatic carbocycles. The van der Waals surface area contributed by atoms with Gasteiger partial charge in [-0.25, -0.2) is 4.98 Å². The molecule has 3 rings (SSSR count). The minimum absolute atomic E-state index is 0.0798. The Bertz CT molecular complexity index is 898. The first-order chi connectivity index (χ1) is 11.8. The van der Waals surface area contributed by atoms with Crippen LogP contribution in [0.15, 0.2) is 30.6 Å². The lowest BCUT2D eigenvalue weighted by Gasteiger charge is -2.09. The van der Waals surface area contributed by atoms with Crippen molar-refractivity contribution in [2.24, 2.45) is 0 Å². The molecule has 2 aromatic heterocycles. The number of anilines is 1. The van der Waals surface area contributed by atoms with E-state index >= 15 is 0 Å². The van der Waals surface area contributed by atoms with Gasteiger partial charge in [0.25, 0.3) is 0 Å². The molecular weight excluding hydrogens is 380 g/mol. The maximum absolute atomic E-state index is 12.3. The van der Waals surface area contributed by atoms with E-state index < -0.39 is 6.36 Å². The first kappa shape index (κ1) is 17.6. The monoisotopic (exact) mass is 390 g/mol. The second kappa shape index (κ2) is 6.97. The fraction of sp³-hybridized carbons (Fsp3) is 0.200. The third-order valence-electron chi connectivity index (χ3n) is 3.37. The highest BCUT2D eigenvalue weighted by Crippen LogP contribution is 2.28. The lowest BCUT2D eigenvalue weighted by Crippen LogP contribution is -2.16. The first-order valence-electron chi connectivity index (χ1n) is 7.09. The molecule has 0 aliphatic rings. The highest BCUT2D eigenvalue weighted by atomic mass is 35.5. The van der Waals surface area contributed by atoms with Crippen molar-refractivity contribution >= 4 is 39.9 Å². The van der Waals surface area contributed by atoms with E-state index in [9.17, 15) is 13.2 Å². The number of nitrogens with zero attached hydrogens (tertiary/aromatic N) is 2. The number of ether oxygens (including phenoxy) is 1. The maximum atomic E-state index is 12.3. The number of fused-ring (bicyclic) bond motifs is 1. The molecule has 0 saturated heterocycles. The molecule has 0 spiro atoms. The van der Waals surface area contributed by atoms with Gasteiger partial charge in [-0.05, 0) is 35.7 Å². The Morgan fingerprint density at radius 1 is 1.24 bits per heavy atom. The Morgan fingerprint density at radius 2 is 2.04 bits per heavy atom. The summed E-state index contributed by atoms with van der Waals surface area (Å²) >= 11 is 11.7. The van der Waals surface area contributed by atoms with Crippen LogP contribution in [-0.2, 0) is 6.42 Å². The molecule has 2 heterocycles. The Kier molecular flexibility index (Phi) is 4.91. The molecule has 10 heteroatoms. The fourth-order valence-corrected chi connectivity index (χ4v) is 2.65. The second-order valence-corrected chi connectivity index (χ2v) is 5.83. The van der Waals surface area contributed by atoms with Crippen molar-refractivity contribution in [2.75, 3.05) is 11.9 Å². The number of rotatable bonds is 5. The molecule has 0 unspecified atom stereocenters. The van der Waals surface area contributed by atoms with Crippen molar-refractivity contribution in [3.63, 3.8) is 0 Å². The SMILES string of the molecule is FC(F)(F)Oc1ccc2c(CCNc3nc(Cl)ncc3Cl)c[nH]c2c1. The third-order valence-corrected chi connectivity index (χ3v) is 3.83. The first-order valence-corrected chi connectivity index (χ1v) is 7.85. The molecule has 2 N–H and O–H groups in total. The summed E-state index contributed by atoms with van der Waals surface area (Å²) in [5.74, 6) is 0.149. The van der Waals surface area contributed by atoms with Crippen LogP contribution in [0, 0.1) is 0 Å². The largest absolute Gasteiger partial charge is 0.573 e. The summed E-state index contributed by atoms with van der Waals surface area (Å²) in [6.45, 7) is 0.501. The van der Waals surface area contributed by atoms with Gasteiger partial charge in [0.1, 0.15) is 16.6 Å². The number of nitrogens with one attached hydrogen (secondary N) is 2. The number of aromatic amines is 1. The van der Waals surface area contributed by atoms with Crippen LogP contribution in [-0.4, -0.2) is 27.9 Å². The molecule has 5 nitrogen and oxygen atoms in total. The number of hydrogen-bond acceptors (Lipinski definition) is 4. The normalized spacial score (nSPS) is 11.7. The zero-order valence-corrected chi connectivity index (χ0v) is 14.0. The Balaban J connectivity index is 1.69. The lowest BCUT2D eigenvalue weighted by molar-refractivity contribution is -0.274. The molecular formula is C15H11Cl2F3N4O. The zero-order valence-electron chi connectivity index (χ0n) is 12.5. The maximum Gasteiger partial charge on any atom is 0.573 e. The number of alkyl halides is 3. The molecule has 0 aliphatic carbocycles. The van der Waals surface area contributed by atoms with Crippen LogP contribution >= 0.6 is 23.2 Å². The van der Waals surface area contributed by atoms with E-state index in [4.69, 9.17) is 23.2 Å². The molecule has 132 valence electrons. The third kappa shape index (κ3) is 4.46. The molecule has 3 aromatic rings. The lowest BCUT2D eigenvalue weighted by atomic mass is 10.1.